The predicted molar refractivity (Wildman–Crippen MR) is 132 cm³/mol. The number of hydrogen-bond acceptors (Lipinski definition) is 9. The van der Waals surface area contributed by atoms with E-state index in [2.05, 4.69) is 16.3 Å². The minimum absolute atomic E-state index is 0.223. The number of hydrazone groups is 1. The van der Waals surface area contributed by atoms with E-state index in [0.717, 1.165) is 10.5 Å². The molecule has 0 atom stereocenters. The molecule has 0 unspecified atom stereocenters. The van der Waals surface area contributed by atoms with E-state index in [4.69, 9.17) is 0 Å². The van der Waals surface area contributed by atoms with Crippen LogP contribution in [0.15, 0.2) is 52.7 Å². The minimum Gasteiger partial charge on any atom is -0.372 e. The third-order valence-corrected chi connectivity index (χ3v) is 7.07. The highest BCUT2D eigenvalue weighted by Crippen LogP contribution is 2.31. The lowest BCUT2D eigenvalue weighted by atomic mass is 10.1. The second-order valence-corrected chi connectivity index (χ2v) is 10.1. The van der Waals surface area contributed by atoms with Gasteiger partial charge in [0.2, 0.25) is 0 Å². The molecule has 0 spiro atoms. The van der Waals surface area contributed by atoms with E-state index < -0.39 is 14.9 Å². The van der Waals surface area contributed by atoms with Gasteiger partial charge in [-0.1, -0.05) is 0 Å². The van der Waals surface area contributed by atoms with Crippen LogP contribution in [0.3, 0.4) is 0 Å². The fraction of sp³-hybridized carbons (Fsp3) is 0.318. The van der Waals surface area contributed by atoms with Crippen molar-refractivity contribution in [1.82, 2.24) is 18.9 Å². The summed E-state index contributed by atoms with van der Waals surface area (Å²) in [6.07, 6.45) is 3.16. The molecule has 3 rings (SSSR count). The number of benzene rings is 1. The van der Waals surface area contributed by atoms with Gasteiger partial charge in [-0.15, -0.1) is 0 Å². The van der Waals surface area contributed by atoms with Gasteiger partial charge in [-0.05, 0) is 39.2 Å². The summed E-state index contributed by atoms with van der Waals surface area (Å²) in [6, 6.07) is 9.06. The van der Waals surface area contributed by atoms with Crippen LogP contribution >= 0.6 is 0 Å². The number of non-ortho nitro benzene ring substituents is 1. The molecule has 0 aliphatic heterocycles. The summed E-state index contributed by atoms with van der Waals surface area (Å²) < 4.78 is 29.4. The predicted octanol–water partition coefficient (Wildman–Crippen LogP) is 2.16. The van der Waals surface area contributed by atoms with Gasteiger partial charge >= 0.3 is 0 Å². The van der Waals surface area contributed by atoms with Crippen molar-refractivity contribution in [3.05, 3.63) is 64.0 Å². The Morgan fingerprint density at radius 2 is 1.91 bits per heavy atom. The highest BCUT2D eigenvalue weighted by molar-refractivity contribution is 7.89. The largest absolute Gasteiger partial charge is 0.372 e. The third-order valence-electron chi connectivity index (χ3n) is 5.41. The average molecular weight is 499 g/mol. The SMILES string of the molecule is C/C(=N/N(C)S(=O)(=O)c1cc([N+](=O)[O-])ccc1N(C)CCN(C)C)c1cnn2ccc(C#N)cc12. The topological polar surface area (TPSA) is 140 Å². The number of nitriles is 1. The fourth-order valence-corrected chi connectivity index (χ4v) is 4.67. The minimum atomic E-state index is -4.25. The van der Waals surface area contributed by atoms with Crippen molar-refractivity contribution in [3.63, 3.8) is 0 Å². The van der Waals surface area contributed by atoms with Crippen molar-refractivity contribution in [1.29, 1.82) is 5.26 Å². The van der Waals surface area contributed by atoms with Crippen LogP contribution in [0.2, 0.25) is 0 Å². The quantitative estimate of drug-likeness (QED) is 0.248. The van der Waals surface area contributed by atoms with E-state index in [1.54, 1.807) is 41.7 Å². The molecule has 0 saturated carbocycles. The van der Waals surface area contributed by atoms with Crippen molar-refractivity contribution < 1.29 is 13.3 Å². The maximum atomic E-state index is 13.5. The zero-order chi connectivity index (χ0) is 25.9. The van der Waals surface area contributed by atoms with E-state index in [9.17, 15) is 23.8 Å². The number of pyridine rings is 1. The van der Waals surface area contributed by atoms with E-state index in [0.29, 0.717) is 41.1 Å². The first-order chi connectivity index (χ1) is 16.4. The Morgan fingerprint density at radius 1 is 1.20 bits per heavy atom. The Bertz CT molecular complexity index is 1440. The molecule has 184 valence electrons. The summed E-state index contributed by atoms with van der Waals surface area (Å²) in [5.74, 6) is 0. The number of rotatable bonds is 9. The van der Waals surface area contributed by atoms with Gasteiger partial charge < -0.3 is 9.80 Å². The first-order valence-electron chi connectivity index (χ1n) is 10.5. The van der Waals surface area contributed by atoms with Crippen molar-refractivity contribution in [2.75, 3.05) is 46.2 Å². The lowest BCUT2D eigenvalue weighted by Crippen LogP contribution is -2.31. The number of hydrogen-bond donors (Lipinski definition) is 0. The number of aromatic nitrogens is 2. The standard InChI is InChI=1S/C22H26N8O4S/c1-16(19-15-24-29-9-8-17(14-23)12-21(19)29)25-28(5)35(33,34)22-13-18(30(31)32)6-7-20(22)27(4)11-10-26(2)3/h6-9,12-13,15H,10-11H2,1-5H3/b25-16-. The molecule has 13 heteroatoms. The number of likely N-dealkylation sites (N-methyl/N-ethyl adjacent to an activating group) is 2. The zero-order valence-corrected chi connectivity index (χ0v) is 20.9. The molecule has 0 aliphatic carbocycles. The molecule has 0 N–H and O–H groups in total. The molecule has 0 saturated heterocycles. The van der Waals surface area contributed by atoms with Gasteiger partial charge in [0.05, 0.1) is 39.7 Å². The number of nitro benzene ring substituents is 1. The zero-order valence-electron chi connectivity index (χ0n) is 20.1. The normalized spacial score (nSPS) is 12.1. The van der Waals surface area contributed by atoms with Crippen molar-refractivity contribution in [3.8, 4) is 6.07 Å². The lowest BCUT2D eigenvalue weighted by Gasteiger charge is -2.25. The monoisotopic (exact) mass is 498 g/mol. The molecule has 12 nitrogen and oxygen atoms in total. The van der Waals surface area contributed by atoms with Crippen LogP contribution < -0.4 is 4.90 Å². The summed E-state index contributed by atoms with van der Waals surface area (Å²) in [4.78, 5) is 14.2. The molecule has 2 aromatic heterocycles. The van der Waals surface area contributed by atoms with Crippen LogP contribution in [0.1, 0.15) is 18.1 Å². The van der Waals surface area contributed by atoms with Crippen molar-refractivity contribution in [2.45, 2.75) is 11.8 Å². The number of anilines is 1. The third kappa shape index (κ3) is 5.39. The Kier molecular flexibility index (Phi) is 7.37. The fourth-order valence-electron chi connectivity index (χ4n) is 3.40. The Labute approximate surface area is 203 Å². The van der Waals surface area contributed by atoms with Crippen LogP contribution in [-0.4, -0.2) is 79.3 Å². The highest BCUT2D eigenvalue weighted by atomic mass is 32.2. The summed E-state index contributed by atoms with van der Waals surface area (Å²) in [5.41, 5.74) is 1.90. The van der Waals surface area contributed by atoms with Crippen LogP contribution in [0.5, 0.6) is 0 Å². The summed E-state index contributed by atoms with van der Waals surface area (Å²) in [5, 5.41) is 29.0. The van der Waals surface area contributed by atoms with Gasteiger partial charge in [-0.25, -0.2) is 4.52 Å². The molecular weight excluding hydrogens is 472 g/mol. The van der Waals surface area contributed by atoms with Gasteiger partial charge in [0.15, 0.2) is 0 Å². The van der Waals surface area contributed by atoms with Gasteiger partial charge in [0, 0.05) is 51.1 Å². The van der Waals surface area contributed by atoms with Gasteiger partial charge in [-0.2, -0.15) is 28.3 Å². The van der Waals surface area contributed by atoms with E-state index in [1.807, 2.05) is 19.0 Å². The highest BCUT2D eigenvalue weighted by Gasteiger charge is 2.28. The second kappa shape index (κ2) is 10.1. The second-order valence-electron chi connectivity index (χ2n) is 8.17. The van der Waals surface area contributed by atoms with Gasteiger partial charge in [0.25, 0.3) is 15.7 Å². The Balaban J connectivity index is 2.05. The molecule has 2 heterocycles. The van der Waals surface area contributed by atoms with Crippen molar-refractivity contribution >= 4 is 32.6 Å². The number of sulfonamides is 1. The summed E-state index contributed by atoms with van der Waals surface area (Å²) in [6.45, 7) is 2.78. The summed E-state index contributed by atoms with van der Waals surface area (Å²) >= 11 is 0. The van der Waals surface area contributed by atoms with Crippen LogP contribution in [-0.2, 0) is 10.0 Å². The summed E-state index contributed by atoms with van der Waals surface area (Å²) in [7, 11) is 2.53. The lowest BCUT2D eigenvalue weighted by molar-refractivity contribution is -0.385. The molecule has 0 fully saturated rings. The van der Waals surface area contributed by atoms with Crippen LogP contribution in [0, 0.1) is 21.4 Å². The van der Waals surface area contributed by atoms with Gasteiger partial charge in [0.1, 0.15) is 4.90 Å². The van der Waals surface area contributed by atoms with Crippen LogP contribution in [0.4, 0.5) is 11.4 Å². The molecule has 35 heavy (non-hydrogen) atoms. The molecule has 0 aliphatic rings. The van der Waals surface area contributed by atoms with E-state index in [1.165, 1.54) is 25.4 Å². The maximum absolute atomic E-state index is 13.5. The molecule has 0 radical (unpaired) electrons. The molecule has 0 bridgehead atoms. The molecule has 1 aromatic carbocycles. The molecule has 3 aromatic rings. The number of nitro groups is 1. The smallest absolute Gasteiger partial charge is 0.281 e. The van der Waals surface area contributed by atoms with Crippen LogP contribution in [0.25, 0.3) is 5.52 Å². The molecule has 0 amide bonds. The Morgan fingerprint density at radius 3 is 2.54 bits per heavy atom. The number of nitrogens with zero attached hydrogens (tertiary/aromatic N) is 8. The van der Waals surface area contributed by atoms with E-state index >= 15 is 0 Å². The first-order valence-corrected chi connectivity index (χ1v) is 12.0. The van der Waals surface area contributed by atoms with Crippen molar-refractivity contribution in [2.24, 2.45) is 5.10 Å². The molecular formula is C22H26N8O4S. The number of fused-ring (bicyclic) bond motifs is 1. The Hall–Kier alpha value is -4.02. The maximum Gasteiger partial charge on any atom is 0.281 e. The van der Waals surface area contributed by atoms with E-state index in [-0.39, 0.29) is 10.6 Å². The average Bonchev–Trinajstić information content (AvgIpc) is 3.25. The van der Waals surface area contributed by atoms with Gasteiger partial charge in [-0.3, -0.25) is 10.1 Å². The first kappa shape index (κ1) is 25.6.